The van der Waals surface area contributed by atoms with Gasteiger partial charge in [0.05, 0.1) is 6.10 Å². The second-order valence-corrected chi connectivity index (χ2v) is 5.89. The highest BCUT2D eigenvalue weighted by Gasteiger charge is 2.13. The summed E-state index contributed by atoms with van der Waals surface area (Å²) in [5, 5.41) is 8.73. The summed E-state index contributed by atoms with van der Waals surface area (Å²) in [4.78, 5) is 10.6. The van der Waals surface area contributed by atoms with Gasteiger partial charge >= 0.3 is 5.97 Å². The van der Waals surface area contributed by atoms with Crippen molar-refractivity contribution in [2.24, 2.45) is 0 Å². The van der Waals surface area contributed by atoms with Crippen molar-refractivity contribution in [1.29, 1.82) is 0 Å². The van der Waals surface area contributed by atoms with Crippen molar-refractivity contribution in [1.82, 2.24) is 0 Å². The maximum Gasteiger partial charge on any atom is 0.303 e. The molecule has 0 heterocycles. The third kappa shape index (κ3) is 4.87. The molecule has 0 atom stereocenters. The van der Waals surface area contributed by atoms with E-state index >= 15 is 0 Å². The molecule has 0 spiro atoms. The Bertz CT molecular complexity index is 462. The minimum absolute atomic E-state index is 0.157. The number of benzene rings is 1. The van der Waals surface area contributed by atoms with Gasteiger partial charge < -0.3 is 9.84 Å². The highest BCUT2D eigenvalue weighted by molar-refractivity contribution is 5.66. The van der Waals surface area contributed by atoms with E-state index in [4.69, 9.17) is 9.84 Å². The van der Waals surface area contributed by atoms with Gasteiger partial charge in [0, 0.05) is 6.42 Å². The van der Waals surface area contributed by atoms with Crippen LogP contribution in [0.15, 0.2) is 12.1 Å². The van der Waals surface area contributed by atoms with E-state index < -0.39 is 5.97 Å². The van der Waals surface area contributed by atoms with Crippen LogP contribution in [0.25, 0.3) is 0 Å². The molecule has 0 radical (unpaired) electrons. The zero-order valence-corrected chi connectivity index (χ0v) is 13.2. The fourth-order valence-corrected chi connectivity index (χ4v) is 2.25. The van der Waals surface area contributed by atoms with E-state index in [2.05, 4.69) is 32.9 Å². The molecule has 0 amide bonds. The Hall–Kier alpha value is -1.51. The van der Waals surface area contributed by atoms with E-state index in [0.29, 0.717) is 12.3 Å². The molecule has 0 saturated carbocycles. The fourth-order valence-electron chi connectivity index (χ4n) is 2.25. The summed E-state index contributed by atoms with van der Waals surface area (Å²) in [6.45, 7) is 10.4. The normalized spacial score (nSPS) is 11.2. The lowest BCUT2D eigenvalue weighted by atomic mass is 9.94. The van der Waals surface area contributed by atoms with Crippen LogP contribution < -0.4 is 4.74 Å². The zero-order chi connectivity index (χ0) is 15.3. The molecule has 1 aromatic rings. The van der Waals surface area contributed by atoms with E-state index in [9.17, 15) is 4.79 Å². The lowest BCUT2D eigenvalue weighted by Gasteiger charge is -2.19. The summed E-state index contributed by atoms with van der Waals surface area (Å²) in [7, 11) is 0. The third-order valence-corrected chi connectivity index (χ3v) is 3.29. The van der Waals surface area contributed by atoms with Crippen molar-refractivity contribution in [3.63, 3.8) is 0 Å². The van der Waals surface area contributed by atoms with Crippen LogP contribution in [-0.2, 0) is 11.2 Å². The van der Waals surface area contributed by atoms with Gasteiger partial charge in [-0.05, 0) is 62.3 Å². The van der Waals surface area contributed by atoms with Crippen molar-refractivity contribution in [2.75, 3.05) is 0 Å². The summed E-state index contributed by atoms with van der Waals surface area (Å²) in [6, 6.07) is 4.27. The molecule has 3 nitrogen and oxygen atoms in total. The minimum Gasteiger partial charge on any atom is -0.491 e. The highest BCUT2D eigenvalue weighted by Crippen LogP contribution is 2.31. The largest absolute Gasteiger partial charge is 0.491 e. The van der Waals surface area contributed by atoms with E-state index in [1.807, 2.05) is 13.8 Å². The Kier molecular flexibility index (Phi) is 6.05. The lowest BCUT2D eigenvalue weighted by Crippen LogP contribution is -2.09. The number of rotatable bonds is 7. The van der Waals surface area contributed by atoms with Crippen LogP contribution in [0.2, 0.25) is 0 Å². The molecule has 0 unspecified atom stereocenters. The maximum absolute atomic E-state index is 10.6. The average molecular weight is 278 g/mol. The van der Waals surface area contributed by atoms with Gasteiger partial charge in [-0.1, -0.05) is 19.9 Å². The molecule has 112 valence electrons. The molecule has 0 bridgehead atoms. The molecular formula is C17H26O3. The van der Waals surface area contributed by atoms with Gasteiger partial charge in [0.1, 0.15) is 5.75 Å². The second-order valence-electron chi connectivity index (χ2n) is 5.89. The monoisotopic (exact) mass is 278 g/mol. The van der Waals surface area contributed by atoms with Crippen molar-refractivity contribution >= 4 is 5.97 Å². The summed E-state index contributed by atoms with van der Waals surface area (Å²) < 4.78 is 5.89. The maximum atomic E-state index is 10.6. The van der Waals surface area contributed by atoms with E-state index in [1.165, 1.54) is 16.7 Å². The Morgan fingerprint density at radius 3 is 2.40 bits per heavy atom. The smallest absolute Gasteiger partial charge is 0.303 e. The van der Waals surface area contributed by atoms with Crippen LogP contribution >= 0.6 is 0 Å². The topological polar surface area (TPSA) is 46.5 Å². The molecule has 0 aliphatic heterocycles. The van der Waals surface area contributed by atoms with E-state index in [-0.39, 0.29) is 12.5 Å². The molecule has 1 aromatic carbocycles. The first-order valence-corrected chi connectivity index (χ1v) is 7.33. The molecule has 1 rings (SSSR count). The molecule has 0 aromatic heterocycles. The Balaban J connectivity index is 2.97. The number of aryl methyl sites for hydroxylation is 2. The Labute approximate surface area is 122 Å². The third-order valence-electron chi connectivity index (χ3n) is 3.29. The summed E-state index contributed by atoms with van der Waals surface area (Å²) in [5.41, 5.74) is 3.61. The quantitative estimate of drug-likeness (QED) is 0.808. The Morgan fingerprint density at radius 2 is 1.90 bits per heavy atom. The number of carbonyl (C=O) groups is 1. The van der Waals surface area contributed by atoms with E-state index in [0.717, 1.165) is 12.2 Å². The summed E-state index contributed by atoms with van der Waals surface area (Å²) in [5.74, 6) is 0.614. The standard InChI is InChI=1S/C17H26O3/c1-11(2)15-10-14(7-6-8-17(18)19)13(5)9-16(15)20-12(3)4/h9-12H,6-8H2,1-5H3,(H,18,19). The SMILES string of the molecule is Cc1cc(OC(C)C)c(C(C)C)cc1CCCC(=O)O. The second kappa shape index (κ2) is 7.32. The molecule has 0 fully saturated rings. The van der Waals surface area contributed by atoms with Crippen molar-refractivity contribution in [3.8, 4) is 5.75 Å². The van der Waals surface area contributed by atoms with Gasteiger partial charge in [0.2, 0.25) is 0 Å². The molecular weight excluding hydrogens is 252 g/mol. The summed E-state index contributed by atoms with van der Waals surface area (Å²) in [6.07, 6.45) is 1.86. The van der Waals surface area contributed by atoms with Gasteiger partial charge in [-0.25, -0.2) is 0 Å². The van der Waals surface area contributed by atoms with Crippen molar-refractivity contribution in [2.45, 2.75) is 65.9 Å². The molecule has 1 N–H and O–H groups in total. The van der Waals surface area contributed by atoms with Crippen LogP contribution in [-0.4, -0.2) is 17.2 Å². The Morgan fingerprint density at radius 1 is 1.25 bits per heavy atom. The lowest BCUT2D eigenvalue weighted by molar-refractivity contribution is -0.137. The van der Waals surface area contributed by atoms with Crippen molar-refractivity contribution < 1.29 is 14.6 Å². The molecule has 0 saturated heterocycles. The van der Waals surface area contributed by atoms with Gasteiger partial charge in [-0.15, -0.1) is 0 Å². The zero-order valence-electron chi connectivity index (χ0n) is 13.2. The number of carboxylic acid groups (broad SMARTS) is 1. The van der Waals surface area contributed by atoms with Crippen LogP contribution in [0.3, 0.4) is 0 Å². The number of hydrogen-bond acceptors (Lipinski definition) is 2. The van der Waals surface area contributed by atoms with Gasteiger partial charge in [0.25, 0.3) is 0 Å². The van der Waals surface area contributed by atoms with Gasteiger partial charge in [-0.2, -0.15) is 0 Å². The fraction of sp³-hybridized carbons (Fsp3) is 0.588. The van der Waals surface area contributed by atoms with E-state index in [1.54, 1.807) is 0 Å². The predicted molar refractivity (Wildman–Crippen MR) is 81.6 cm³/mol. The van der Waals surface area contributed by atoms with Crippen LogP contribution in [0.4, 0.5) is 0 Å². The minimum atomic E-state index is -0.730. The first kappa shape index (κ1) is 16.5. The first-order valence-electron chi connectivity index (χ1n) is 7.33. The first-order chi connectivity index (χ1) is 9.31. The van der Waals surface area contributed by atoms with Crippen LogP contribution in [0, 0.1) is 6.92 Å². The molecule has 0 aliphatic rings. The average Bonchev–Trinajstić information content (AvgIpc) is 2.30. The van der Waals surface area contributed by atoms with Crippen LogP contribution in [0.1, 0.15) is 63.1 Å². The number of ether oxygens (including phenoxy) is 1. The van der Waals surface area contributed by atoms with Gasteiger partial charge in [0.15, 0.2) is 0 Å². The highest BCUT2D eigenvalue weighted by atomic mass is 16.5. The molecule has 0 aliphatic carbocycles. The van der Waals surface area contributed by atoms with Gasteiger partial charge in [-0.3, -0.25) is 4.79 Å². The molecule has 20 heavy (non-hydrogen) atoms. The number of hydrogen-bond donors (Lipinski definition) is 1. The number of aliphatic carboxylic acids is 1. The molecule has 3 heteroatoms. The van der Waals surface area contributed by atoms with Crippen molar-refractivity contribution in [3.05, 3.63) is 28.8 Å². The summed E-state index contributed by atoms with van der Waals surface area (Å²) >= 11 is 0. The predicted octanol–water partition coefficient (Wildman–Crippen LogP) is 4.31. The number of carboxylic acids is 1. The van der Waals surface area contributed by atoms with Crippen LogP contribution in [0.5, 0.6) is 5.75 Å².